The van der Waals surface area contributed by atoms with E-state index in [-0.39, 0.29) is 12.1 Å². The molecule has 2 saturated carbocycles. The van der Waals surface area contributed by atoms with Crippen LogP contribution in [0.5, 0.6) is 0 Å². The molecule has 118 valence electrons. The highest BCUT2D eigenvalue weighted by Crippen LogP contribution is 2.56. The van der Waals surface area contributed by atoms with Gasteiger partial charge in [0, 0.05) is 12.1 Å². The minimum atomic E-state index is -0.431. The lowest BCUT2D eigenvalue weighted by Crippen LogP contribution is -2.41. The second-order valence-electron chi connectivity index (χ2n) is 7.59. The van der Waals surface area contributed by atoms with Gasteiger partial charge in [-0.25, -0.2) is 4.79 Å². The van der Waals surface area contributed by atoms with Gasteiger partial charge in [-0.1, -0.05) is 5.92 Å². The molecule has 2 rings (SSSR count). The van der Waals surface area contributed by atoms with E-state index < -0.39 is 5.60 Å². The molecule has 0 aromatic heterocycles. The Morgan fingerprint density at radius 1 is 1.38 bits per heavy atom. The Labute approximate surface area is 128 Å². The van der Waals surface area contributed by atoms with Gasteiger partial charge in [0.2, 0.25) is 0 Å². The smallest absolute Gasteiger partial charge is 0.407 e. The molecule has 0 aliphatic heterocycles. The Hall–Kier alpha value is -1.21. The first-order valence-electron chi connectivity index (χ1n) is 7.96. The van der Waals surface area contributed by atoms with Gasteiger partial charge in [0.05, 0.1) is 6.04 Å². The normalized spacial score (nSPS) is 33.1. The third kappa shape index (κ3) is 4.38. The molecule has 0 saturated heterocycles. The molecule has 2 aliphatic carbocycles. The number of hydrogen-bond acceptors (Lipinski definition) is 3. The summed E-state index contributed by atoms with van der Waals surface area (Å²) in [6.45, 7) is 7.69. The van der Waals surface area contributed by atoms with Crippen molar-refractivity contribution in [2.24, 2.45) is 5.41 Å². The fourth-order valence-corrected chi connectivity index (χ4v) is 3.32. The van der Waals surface area contributed by atoms with Crippen molar-refractivity contribution in [2.45, 2.75) is 83.5 Å². The summed E-state index contributed by atoms with van der Waals surface area (Å²) in [5.41, 5.74) is -0.118. The van der Waals surface area contributed by atoms with E-state index in [2.05, 4.69) is 16.6 Å². The second-order valence-corrected chi connectivity index (χ2v) is 7.59. The number of amides is 1. The minimum Gasteiger partial charge on any atom is -0.444 e. The maximum absolute atomic E-state index is 11.8. The monoisotopic (exact) mass is 292 g/mol. The number of carbonyl (C=O) groups is 1. The Morgan fingerprint density at radius 3 is 2.52 bits per heavy atom. The summed E-state index contributed by atoms with van der Waals surface area (Å²) >= 11 is 0. The van der Waals surface area contributed by atoms with Crippen LogP contribution in [0.1, 0.15) is 59.8 Å². The van der Waals surface area contributed by atoms with E-state index in [1.807, 2.05) is 27.7 Å². The quantitative estimate of drug-likeness (QED) is 0.786. The van der Waals surface area contributed by atoms with Gasteiger partial charge in [0.15, 0.2) is 0 Å². The molecule has 1 amide bonds. The van der Waals surface area contributed by atoms with Crippen LogP contribution in [0.15, 0.2) is 0 Å². The highest BCUT2D eigenvalue weighted by Gasteiger charge is 2.56. The zero-order chi connectivity index (χ0) is 15.7. The van der Waals surface area contributed by atoms with Gasteiger partial charge in [0.1, 0.15) is 5.60 Å². The summed E-state index contributed by atoms with van der Waals surface area (Å²) in [5, 5.41) is 6.50. The number of rotatable bonds is 3. The van der Waals surface area contributed by atoms with Crippen LogP contribution in [0.25, 0.3) is 0 Å². The highest BCUT2D eigenvalue weighted by molar-refractivity contribution is 5.68. The lowest BCUT2D eigenvalue weighted by atomic mass is 9.82. The number of terminal acetylenes is 1. The number of alkyl carbamates (subject to hydrolysis) is 1. The van der Waals surface area contributed by atoms with Gasteiger partial charge in [0.25, 0.3) is 0 Å². The summed E-state index contributed by atoms with van der Waals surface area (Å²) in [6.07, 6.45) is 10.8. The molecule has 0 aromatic rings. The van der Waals surface area contributed by atoms with E-state index in [0.717, 1.165) is 32.1 Å². The number of hydrogen-bond donors (Lipinski definition) is 2. The van der Waals surface area contributed by atoms with Crippen molar-refractivity contribution in [3.8, 4) is 12.3 Å². The SMILES string of the molecule is C#CC(C)NC1CCC2(CC1)CC2NC(=O)OC(C)(C)C. The van der Waals surface area contributed by atoms with Crippen molar-refractivity contribution in [2.75, 3.05) is 0 Å². The summed E-state index contributed by atoms with van der Waals surface area (Å²) in [5.74, 6) is 2.72. The third-order valence-electron chi connectivity index (χ3n) is 4.60. The van der Waals surface area contributed by atoms with Crippen molar-refractivity contribution in [3.63, 3.8) is 0 Å². The largest absolute Gasteiger partial charge is 0.444 e. The third-order valence-corrected chi connectivity index (χ3v) is 4.60. The molecule has 0 aromatic carbocycles. The van der Waals surface area contributed by atoms with Gasteiger partial charge in [-0.2, -0.15) is 0 Å². The predicted molar refractivity (Wildman–Crippen MR) is 83.9 cm³/mol. The summed E-state index contributed by atoms with van der Waals surface area (Å²) < 4.78 is 5.33. The maximum atomic E-state index is 11.8. The first kappa shape index (κ1) is 16.2. The second kappa shape index (κ2) is 5.88. The number of nitrogens with one attached hydrogen (secondary N) is 2. The fourth-order valence-electron chi connectivity index (χ4n) is 3.32. The lowest BCUT2D eigenvalue weighted by molar-refractivity contribution is 0.0512. The van der Waals surface area contributed by atoms with E-state index in [4.69, 9.17) is 11.2 Å². The van der Waals surface area contributed by atoms with Crippen LogP contribution in [0.3, 0.4) is 0 Å². The lowest BCUT2D eigenvalue weighted by Gasteiger charge is -2.31. The van der Waals surface area contributed by atoms with E-state index >= 15 is 0 Å². The molecule has 2 fully saturated rings. The Morgan fingerprint density at radius 2 is 2.00 bits per heavy atom. The first-order valence-corrected chi connectivity index (χ1v) is 7.96. The van der Waals surface area contributed by atoms with Crippen LogP contribution in [0.4, 0.5) is 4.79 Å². The molecule has 0 heterocycles. The topological polar surface area (TPSA) is 50.4 Å². The number of carbonyl (C=O) groups excluding carboxylic acids is 1. The Bertz CT molecular complexity index is 425. The zero-order valence-electron chi connectivity index (χ0n) is 13.7. The molecule has 4 nitrogen and oxygen atoms in total. The average Bonchev–Trinajstić information content (AvgIpc) is 3.02. The minimum absolute atomic E-state index is 0.138. The zero-order valence-corrected chi connectivity index (χ0v) is 13.7. The van der Waals surface area contributed by atoms with Crippen molar-refractivity contribution >= 4 is 6.09 Å². The van der Waals surface area contributed by atoms with Crippen LogP contribution in [-0.2, 0) is 4.74 Å². The highest BCUT2D eigenvalue weighted by atomic mass is 16.6. The first-order chi connectivity index (χ1) is 9.74. The van der Waals surface area contributed by atoms with E-state index in [0.29, 0.717) is 17.5 Å². The molecule has 0 radical (unpaired) electrons. The van der Waals surface area contributed by atoms with Crippen molar-refractivity contribution < 1.29 is 9.53 Å². The molecular weight excluding hydrogens is 264 g/mol. The van der Waals surface area contributed by atoms with Crippen LogP contribution >= 0.6 is 0 Å². The van der Waals surface area contributed by atoms with Crippen LogP contribution in [0, 0.1) is 17.8 Å². The summed E-state index contributed by atoms with van der Waals surface area (Å²) in [6, 6.07) is 0.946. The standard InChI is InChI=1S/C17H28N2O2/c1-6-12(2)18-13-7-9-17(10-8-13)11-14(17)19-15(20)21-16(3,4)5/h1,12-14,18H,7-11H2,2-5H3,(H,19,20). The summed E-state index contributed by atoms with van der Waals surface area (Å²) in [7, 11) is 0. The average molecular weight is 292 g/mol. The number of ether oxygens (including phenoxy) is 1. The van der Waals surface area contributed by atoms with Gasteiger partial charge < -0.3 is 15.4 Å². The van der Waals surface area contributed by atoms with Crippen LogP contribution in [-0.4, -0.2) is 29.8 Å². The molecule has 2 N–H and O–H groups in total. The molecule has 1 spiro atoms. The molecule has 0 bridgehead atoms. The Kier molecular flexibility index (Phi) is 4.53. The van der Waals surface area contributed by atoms with E-state index in [9.17, 15) is 4.79 Å². The van der Waals surface area contributed by atoms with E-state index in [1.165, 1.54) is 0 Å². The van der Waals surface area contributed by atoms with Crippen molar-refractivity contribution in [1.82, 2.24) is 10.6 Å². The van der Waals surface area contributed by atoms with Crippen LogP contribution < -0.4 is 10.6 Å². The molecule has 4 heteroatoms. The van der Waals surface area contributed by atoms with Gasteiger partial charge in [-0.15, -0.1) is 6.42 Å². The molecule has 21 heavy (non-hydrogen) atoms. The van der Waals surface area contributed by atoms with Gasteiger partial charge in [-0.05, 0) is 65.2 Å². The Balaban J connectivity index is 1.74. The van der Waals surface area contributed by atoms with Crippen molar-refractivity contribution in [1.29, 1.82) is 0 Å². The van der Waals surface area contributed by atoms with Crippen LogP contribution in [0.2, 0.25) is 0 Å². The fraction of sp³-hybridized carbons (Fsp3) is 0.824. The van der Waals surface area contributed by atoms with Gasteiger partial charge >= 0.3 is 6.09 Å². The van der Waals surface area contributed by atoms with Gasteiger partial charge in [-0.3, -0.25) is 0 Å². The predicted octanol–water partition coefficient (Wildman–Crippen LogP) is 2.82. The summed E-state index contributed by atoms with van der Waals surface area (Å²) in [4.78, 5) is 11.8. The molecule has 2 atom stereocenters. The maximum Gasteiger partial charge on any atom is 0.407 e. The molecular formula is C17H28N2O2. The van der Waals surface area contributed by atoms with E-state index in [1.54, 1.807) is 0 Å². The van der Waals surface area contributed by atoms with Crippen molar-refractivity contribution in [3.05, 3.63) is 0 Å². The molecule has 2 aliphatic rings. The molecule has 2 unspecified atom stereocenters.